The topological polar surface area (TPSA) is 0 Å². The van der Waals surface area contributed by atoms with E-state index in [4.69, 9.17) is 0 Å². The molecule has 0 amide bonds. The molecule has 9 heavy (non-hydrogen) atoms. The van der Waals surface area contributed by atoms with Crippen molar-refractivity contribution in [3.8, 4) is 0 Å². The number of hydrogen-bond donors (Lipinski definition) is 0. The lowest BCUT2D eigenvalue weighted by Crippen LogP contribution is -2.01. The lowest BCUT2D eigenvalue weighted by molar-refractivity contribution is 1.14. The van der Waals surface area contributed by atoms with Crippen LogP contribution in [0.2, 0.25) is 6.55 Å². The average Bonchev–Trinajstić information content (AvgIpc) is 2.15. The van der Waals surface area contributed by atoms with Crippen molar-refractivity contribution >= 4 is 8.80 Å². The van der Waals surface area contributed by atoms with Crippen LogP contribution in [0.3, 0.4) is 0 Å². The van der Waals surface area contributed by atoms with Gasteiger partial charge in [0.1, 0.15) is 0 Å². The van der Waals surface area contributed by atoms with Gasteiger partial charge in [0.25, 0.3) is 0 Å². The zero-order valence-electron chi connectivity index (χ0n) is 6.44. The molecule has 1 aliphatic heterocycles. The minimum Gasteiger partial charge on any atom is -0.0932 e. The Bertz CT molecular complexity index is 165. The van der Waals surface area contributed by atoms with Crippen molar-refractivity contribution in [3.63, 3.8) is 0 Å². The third-order valence-electron chi connectivity index (χ3n) is 2.16. The van der Waals surface area contributed by atoms with Crippen LogP contribution in [-0.4, -0.2) is 8.80 Å². The molecule has 0 spiro atoms. The van der Waals surface area contributed by atoms with Crippen LogP contribution in [-0.2, 0) is 0 Å². The van der Waals surface area contributed by atoms with Gasteiger partial charge in [-0.05, 0) is 13.3 Å². The summed E-state index contributed by atoms with van der Waals surface area (Å²) in [4.78, 5) is 0. The van der Waals surface area contributed by atoms with Crippen molar-refractivity contribution in [2.24, 2.45) is 0 Å². The molecule has 1 unspecified atom stereocenters. The fourth-order valence-corrected chi connectivity index (χ4v) is 2.92. The van der Waals surface area contributed by atoms with Crippen molar-refractivity contribution in [1.82, 2.24) is 0 Å². The molecular weight excluding hydrogens is 124 g/mol. The third-order valence-corrected chi connectivity index (χ3v) is 4.66. The van der Waals surface area contributed by atoms with E-state index in [2.05, 4.69) is 32.2 Å². The summed E-state index contributed by atoms with van der Waals surface area (Å²) in [6, 6.07) is 0. The van der Waals surface area contributed by atoms with Gasteiger partial charge < -0.3 is 0 Å². The van der Waals surface area contributed by atoms with Crippen molar-refractivity contribution in [1.29, 1.82) is 0 Å². The highest BCUT2D eigenvalue weighted by Crippen LogP contribution is 2.19. The van der Waals surface area contributed by atoms with E-state index in [0.29, 0.717) is 0 Å². The molecule has 0 aromatic rings. The Balaban J connectivity index is 2.79. The lowest BCUT2D eigenvalue weighted by atomic mass is 10.2. The van der Waals surface area contributed by atoms with E-state index in [1.54, 1.807) is 10.8 Å². The highest BCUT2D eigenvalue weighted by atomic mass is 28.3. The molecule has 0 aliphatic carbocycles. The van der Waals surface area contributed by atoms with Crippen LogP contribution in [0.15, 0.2) is 22.5 Å². The summed E-state index contributed by atoms with van der Waals surface area (Å²) in [6.45, 7) is 6.90. The van der Waals surface area contributed by atoms with Crippen molar-refractivity contribution in [2.45, 2.75) is 26.8 Å². The molecule has 50 valence electrons. The van der Waals surface area contributed by atoms with Gasteiger partial charge >= 0.3 is 0 Å². The average molecular weight is 138 g/mol. The maximum Gasteiger partial charge on any atom is 0.0859 e. The Labute approximate surface area is 58.9 Å². The summed E-state index contributed by atoms with van der Waals surface area (Å²) in [7, 11) is -0.520. The van der Waals surface area contributed by atoms with E-state index < -0.39 is 8.80 Å². The van der Waals surface area contributed by atoms with E-state index in [0.717, 1.165) is 0 Å². The van der Waals surface area contributed by atoms with E-state index in [1.165, 1.54) is 6.42 Å². The maximum atomic E-state index is 2.41. The summed E-state index contributed by atoms with van der Waals surface area (Å²) >= 11 is 0. The number of hydrogen-bond acceptors (Lipinski definition) is 0. The molecule has 1 aliphatic rings. The predicted molar refractivity (Wildman–Crippen MR) is 45.1 cm³/mol. The highest BCUT2D eigenvalue weighted by molar-refractivity contribution is 6.71. The van der Waals surface area contributed by atoms with E-state index in [9.17, 15) is 0 Å². The van der Waals surface area contributed by atoms with E-state index in [-0.39, 0.29) is 0 Å². The van der Waals surface area contributed by atoms with Crippen LogP contribution in [0, 0.1) is 0 Å². The predicted octanol–water partition coefficient (Wildman–Crippen LogP) is 2.22. The minimum atomic E-state index is -0.520. The fraction of sp³-hybridized carbons (Fsp3) is 0.500. The Morgan fingerprint density at radius 2 is 2.22 bits per heavy atom. The molecule has 0 saturated heterocycles. The quantitative estimate of drug-likeness (QED) is 0.487. The smallest absolute Gasteiger partial charge is 0.0859 e. The second kappa shape index (κ2) is 2.52. The summed E-state index contributed by atoms with van der Waals surface area (Å²) in [6.07, 6.45) is 3.53. The van der Waals surface area contributed by atoms with Crippen LogP contribution in [0.25, 0.3) is 0 Å². The second-order valence-corrected chi connectivity index (χ2v) is 5.54. The first-order valence-corrected chi connectivity index (χ1v) is 6.03. The fourth-order valence-electron chi connectivity index (χ4n) is 1.23. The molecule has 1 heterocycles. The molecule has 0 saturated carbocycles. The van der Waals surface area contributed by atoms with Crippen LogP contribution < -0.4 is 0 Å². The van der Waals surface area contributed by atoms with Crippen molar-refractivity contribution in [2.75, 3.05) is 0 Å². The largest absolute Gasteiger partial charge is 0.0932 e. The van der Waals surface area contributed by atoms with Crippen LogP contribution in [0.4, 0.5) is 0 Å². The first kappa shape index (κ1) is 6.81. The van der Waals surface area contributed by atoms with Gasteiger partial charge in [0.05, 0.1) is 8.80 Å². The molecule has 0 N–H and O–H groups in total. The highest BCUT2D eigenvalue weighted by Gasteiger charge is 2.10. The van der Waals surface area contributed by atoms with Gasteiger partial charge in [-0.3, -0.25) is 0 Å². The Morgan fingerprint density at radius 1 is 1.56 bits per heavy atom. The molecule has 0 aromatic carbocycles. The molecule has 1 atom stereocenters. The van der Waals surface area contributed by atoms with Gasteiger partial charge in [0, 0.05) is 0 Å². The first-order chi connectivity index (χ1) is 4.25. The SMILES string of the molecule is CCC1=C(C)[SiH](C)C=C1. The summed E-state index contributed by atoms with van der Waals surface area (Å²) < 4.78 is 0. The van der Waals surface area contributed by atoms with Gasteiger partial charge in [-0.25, -0.2) is 0 Å². The second-order valence-electron chi connectivity index (χ2n) is 2.71. The van der Waals surface area contributed by atoms with Gasteiger partial charge in [-0.15, -0.1) is 0 Å². The van der Waals surface area contributed by atoms with Crippen molar-refractivity contribution < 1.29 is 0 Å². The minimum absolute atomic E-state index is 0.520. The van der Waals surface area contributed by atoms with E-state index >= 15 is 0 Å². The van der Waals surface area contributed by atoms with Gasteiger partial charge in [-0.2, -0.15) is 0 Å². The number of rotatable bonds is 1. The molecule has 0 aromatic heterocycles. The van der Waals surface area contributed by atoms with Crippen LogP contribution in [0.5, 0.6) is 0 Å². The van der Waals surface area contributed by atoms with E-state index in [1.807, 2.05) is 0 Å². The van der Waals surface area contributed by atoms with Crippen molar-refractivity contribution in [3.05, 3.63) is 22.5 Å². The Kier molecular flexibility index (Phi) is 1.91. The van der Waals surface area contributed by atoms with Gasteiger partial charge in [-0.1, -0.05) is 36.0 Å². The molecule has 1 heteroatoms. The van der Waals surface area contributed by atoms with Crippen LogP contribution >= 0.6 is 0 Å². The molecular formula is C8H14Si. The molecule has 0 bridgehead atoms. The maximum absolute atomic E-state index is 2.41. The third kappa shape index (κ3) is 1.16. The van der Waals surface area contributed by atoms with Gasteiger partial charge in [0.15, 0.2) is 0 Å². The Hall–Kier alpha value is -0.303. The van der Waals surface area contributed by atoms with Gasteiger partial charge in [0.2, 0.25) is 0 Å². The van der Waals surface area contributed by atoms with Crippen LogP contribution in [0.1, 0.15) is 20.3 Å². The summed E-state index contributed by atoms with van der Waals surface area (Å²) in [5, 5.41) is 1.69. The first-order valence-electron chi connectivity index (χ1n) is 3.63. The molecule has 0 radical (unpaired) electrons. The zero-order valence-corrected chi connectivity index (χ0v) is 7.59. The molecule has 0 nitrogen and oxygen atoms in total. The lowest BCUT2D eigenvalue weighted by Gasteiger charge is -2.00. The summed E-state index contributed by atoms with van der Waals surface area (Å²) in [5.41, 5.74) is 4.00. The zero-order chi connectivity index (χ0) is 6.85. The summed E-state index contributed by atoms with van der Waals surface area (Å²) in [5.74, 6) is 0. The normalized spacial score (nSPS) is 25.9. The monoisotopic (exact) mass is 138 g/mol. The Morgan fingerprint density at radius 3 is 2.44 bits per heavy atom. The molecule has 1 rings (SSSR count). The molecule has 0 fully saturated rings. The standard InChI is InChI=1S/C8H14Si/c1-4-8-5-6-9(3)7(8)2/h5-6,9H,4H2,1-3H3. The number of allylic oxidation sites excluding steroid dienone is 3.